The summed E-state index contributed by atoms with van der Waals surface area (Å²) in [4.78, 5) is 1.95. The molecule has 0 aromatic heterocycles. The third-order valence-electron chi connectivity index (χ3n) is 2.31. The lowest BCUT2D eigenvalue weighted by Gasteiger charge is -2.20. The van der Waals surface area contributed by atoms with Gasteiger partial charge in [0.15, 0.2) is 0 Å². The van der Waals surface area contributed by atoms with Crippen LogP contribution in [0, 0.1) is 5.82 Å². The number of rotatable bonds is 6. The zero-order valence-corrected chi connectivity index (χ0v) is 11.4. The van der Waals surface area contributed by atoms with Crippen LogP contribution in [-0.4, -0.2) is 37.6 Å². The zero-order valence-electron chi connectivity index (χ0n) is 9.92. The number of methoxy groups -OCH3 is 1. The van der Waals surface area contributed by atoms with E-state index < -0.39 is 0 Å². The van der Waals surface area contributed by atoms with Crippen molar-refractivity contribution in [3.63, 3.8) is 0 Å². The first-order valence-electron chi connectivity index (χ1n) is 5.28. The Morgan fingerprint density at radius 3 is 2.76 bits per heavy atom. The molecule has 0 amide bonds. The number of nitrogens with zero attached hydrogens (tertiary/aromatic N) is 1. The molecule has 1 atom stereocenters. The molecule has 0 fully saturated rings. The minimum atomic E-state index is -0.290. The molecule has 0 saturated heterocycles. The highest BCUT2D eigenvalue weighted by Gasteiger charge is 2.10. The maximum Gasteiger partial charge on any atom is 0.129 e. The van der Waals surface area contributed by atoms with Gasteiger partial charge in [0.05, 0.1) is 12.0 Å². The van der Waals surface area contributed by atoms with Crippen molar-refractivity contribution in [1.82, 2.24) is 4.90 Å². The minimum absolute atomic E-state index is 0.0969. The van der Waals surface area contributed by atoms with E-state index in [-0.39, 0.29) is 11.2 Å². The highest BCUT2D eigenvalue weighted by Crippen LogP contribution is 2.16. The summed E-state index contributed by atoms with van der Waals surface area (Å²) >= 11 is 11.7. The summed E-state index contributed by atoms with van der Waals surface area (Å²) in [5, 5.41) is 0.309. The molecule has 2 nitrogen and oxygen atoms in total. The number of hydrogen-bond donors (Lipinski definition) is 0. The van der Waals surface area contributed by atoms with Crippen LogP contribution in [-0.2, 0) is 11.3 Å². The topological polar surface area (TPSA) is 12.5 Å². The fourth-order valence-corrected chi connectivity index (χ4v) is 2.10. The summed E-state index contributed by atoms with van der Waals surface area (Å²) in [6, 6.07) is 4.69. The molecule has 96 valence electrons. The Kier molecular flexibility index (Phi) is 6.20. The van der Waals surface area contributed by atoms with E-state index in [0.717, 1.165) is 0 Å². The molecule has 5 heteroatoms. The van der Waals surface area contributed by atoms with Crippen molar-refractivity contribution in [1.29, 1.82) is 0 Å². The Hall–Kier alpha value is -0.350. The van der Waals surface area contributed by atoms with Gasteiger partial charge in [-0.1, -0.05) is 17.7 Å². The first kappa shape index (κ1) is 14.7. The van der Waals surface area contributed by atoms with Gasteiger partial charge in [0, 0.05) is 30.8 Å². The second kappa shape index (κ2) is 7.17. The van der Waals surface area contributed by atoms with Crippen LogP contribution in [0.5, 0.6) is 0 Å². The van der Waals surface area contributed by atoms with Crippen molar-refractivity contribution >= 4 is 23.2 Å². The fourth-order valence-electron chi connectivity index (χ4n) is 1.58. The van der Waals surface area contributed by atoms with Gasteiger partial charge in [-0.3, -0.25) is 0 Å². The van der Waals surface area contributed by atoms with E-state index in [1.807, 2.05) is 11.9 Å². The van der Waals surface area contributed by atoms with E-state index in [1.54, 1.807) is 19.2 Å². The average Bonchev–Trinajstić information content (AvgIpc) is 2.22. The van der Waals surface area contributed by atoms with Crippen LogP contribution < -0.4 is 0 Å². The van der Waals surface area contributed by atoms with Gasteiger partial charge in [-0.2, -0.15) is 0 Å². The summed E-state index contributed by atoms with van der Waals surface area (Å²) < 4.78 is 18.5. The molecule has 0 radical (unpaired) electrons. The smallest absolute Gasteiger partial charge is 0.129 e. The molecule has 0 heterocycles. The van der Waals surface area contributed by atoms with E-state index >= 15 is 0 Å². The maximum atomic E-state index is 13.5. The quantitative estimate of drug-likeness (QED) is 0.742. The molecular weight excluding hydrogens is 264 g/mol. The van der Waals surface area contributed by atoms with Gasteiger partial charge in [-0.25, -0.2) is 4.39 Å². The van der Waals surface area contributed by atoms with E-state index in [0.29, 0.717) is 30.3 Å². The van der Waals surface area contributed by atoms with Crippen molar-refractivity contribution in [2.45, 2.75) is 11.9 Å². The molecule has 0 N–H and O–H groups in total. The normalized spacial score (nSPS) is 13.1. The summed E-state index contributed by atoms with van der Waals surface area (Å²) in [7, 11) is 3.49. The Bertz CT molecular complexity index is 362. The molecule has 0 spiro atoms. The lowest BCUT2D eigenvalue weighted by molar-refractivity contribution is 0.181. The predicted molar refractivity (Wildman–Crippen MR) is 69.3 cm³/mol. The predicted octanol–water partition coefficient (Wildman–Crippen LogP) is 3.16. The van der Waals surface area contributed by atoms with E-state index in [9.17, 15) is 4.39 Å². The zero-order chi connectivity index (χ0) is 12.8. The number of ether oxygens (including phenoxy) is 1. The maximum absolute atomic E-state index is 13.5. The minimum Gasteiger partial charge on any atom is -0.383 e. The van der Waals surface area contributed by atoms with E-state index in [2.05, 4.69) is 0 Å². The van der Waals surface area contributed by atoms with Gasteiger partial charge in [-0.15, -0.1) is 11.6 Å². The van der Waals surface area contributed by atoms with Gasteiger partial charge in [-0.05, 0) is 19.2 Å². The second-order valence-electron chi connectivity index (χ2n) is 3.99. The molecule has 17 heavy (non-hydrogen) atoms. The first-order chi connectivity index (χ1) is 8.02. The van der Waals surface area contributed by atoms with Gasteiger partial charge in [0.25, 0.3) is 0 Å². The highest BCUT2D eigenvalue weighted by atomic mass is 35.5. The number of halogens is 3. The summed E-state index contributed by atoms with van der Waals surface area (Å²) in [6.07, 6.45) is 0. The van der Waals surface area contributed by atoms with Crippen LogP contribution in [0.25, 0.3) is 0 Å². The molecule has 1 aromatic carbocycles. The molecule has 1 aromatic rings. The summed E-state index contributed by atoms with van der Waals surface area (Å²) in [6.45, 7) is 1.61. The fraction of sp³-hybridized carbons (Fsp3) is 0.500. The third kappa shape index (κ3) is 5.21. The van der Waals surface area contributed by atoms with Gasteiger partial charge < -0.3 is 9.64 Å². The third-order valence-corrected chi connectivity index (χ3v) is 2.81. The number of benzene rings is 1. The molecule has 0 aliphatic rings. The van der Waals surface area contributed by atoms with Crippen molar-refractivity contribution in [2.24, 2.45) is 0 Å². The molecule has 1 unspecified atom stereocenters. The van der Waals surface area contributed by atoms with E-state index in [1.165, 1.54) is 6.07 Å². The monoisotopic (exact) mass is 279 g/mol. The van der Waals surface area contributed by atoms with Crippen LogP contribution in [0.2, 0.25) is 5.02 Å². The first-order valence-corrected chi connectivity index (χ1v) is 6.10. The molecule has 1 rings (SSSR count). The molecule has 0 saturated carbocycles. The van der Waals surface area contributed by atoms with Crippen molar-refractivity contribution in [3.8, 4) is 0 Å². The van der Waals surface area contributed by atoms with Crippen LogP contribution in [0.4, 0.5) is 4.39 Å². The Morgan fingerprint density at radius 2 is 2.18 bits per heavy atom. The average molecular weight is 280 g/mol. The number of hydrogen-bond acceptors (Lipinski definition) is 2. The summed E-state index contributed by atoms with van der Waals surface area (Å²) in [5.41, 5.74) is 0.609. The Morgan fingerprint density at radius 1 is 1.47 bits per heavy atom. The van der Waals surface area contributed by atoms with Crippen LogP contribution in [0.15, 0.2) is 18.2 Å². The molecule has 0 bridgehead atoms. The summed E-state index contributed by atoms with van der Waals surface area (Å²) in [5.74, 6) is -0.290. The molecule has 0 aliphatic carbocycles. The van der Waals surface area contributed by atoms with Crippen LogP contribution >= 0.6 is 23.2 Å². The van der Waals surface area contributed by atoms with E-state index in [4.69, 9.17) is 27.9 Å². The lowest BCUT2D eigenvalue weighted by atomic mass is 10.2. The van der Waals surface area contributed by atoms with Crippen molar-refractivity contribution < 1.29 is 9.13 Å². The largest absolute Gasteiger partial charge is 0.383 e. The van der Waals surface area contributed by atoms with Gasteiger partial charge in [0.1, 0.15) is 5.82 Å². The van der Waals surface area contributed by atoms with Crippen LogP contribution in [0.1, 0.15) is 5.56 Å². The highest BCUT2D eigenvalue weighted by molar-refractivity contribution is 6.30. The standard InChI is InChI=1S/C12H16Cl2FNO/c1-16(7-11(14)8-17-2)6-9-3-4-10(13)5-12(9)15/h3-5,11H,6-8H2,1-2H3. The Labute approximate surface area is 111 Å². The molecular formula is C12H16Cl2FNO. The number of alkyl halides is 1. The lowest BCUT2D eigenvalue weighted by Crippen LogP contribution is -2.28. The Balaban J connectivity index is 2.52. The van der Waals surface area contributed by atoms with Crippen LogP contribution in [0.3, 0.4) is 0 Å². The van der Waals surface area contributed by atoms with Gasteiger partial charge >= 0.3 is 0 Å². The SMILES string of the molecule is COCC(Cl)CN(C)Cc1ccc(Cl)cc1F. The second-order valence-corrected chi connectivity index (χ2v) is 5.04. The van der Waals surface area contributed by atoms with Crippen molar-refractivity contribution in [3.05, 3.63) is 34.6 Å². The molecule has 0 aliphatic heterocycles. The van der Waals surface area contributed by atoms with Gasteiger partial charge in [0.2, 0.25) is 0 Å². The van der Waals surface area contributed by atoms with Crippen molar-refractivity contribution in [2.75, 3.05) is 27.3 Å².